The fourth-order valence-electron chi connectivity index (χ4n) is 1.38. The highest BCUT2D eigenvalue weighted by molar-refractivity contribution is 7.92. The molecule has 0 spiro atoms. The summed E-state index contributed by atoms with van der Waals surface area (Å²) in [5.41, 5.74) is -0.264. The van der Waals surface area contributed by atoms with Crippen molar-refractivity contribution in [2.45, 2.75) is 25.5 Å². The third kappa shape index (κ3) is 4.19. The SMILES string of the molecule is CC(C)(C)S(=O)(=O)CCOc1ccc(B(O)O)c(F)c1. The zero-order valence-electron chi connectivity index (χ0n) is 11.6. The standard InChI is InChI=1S/C12H18BFO5S/c1-12(2,3)20(17,18)7-6-19-9-4-5-10(13(15)16)11(14)8-9/h4-5,8,15-16H,6-7H2,1-3H3. The quantitative estimate of drug-likeness (QED) is 0.754. The van der Waals surface area contributed by atoms with Crippen LogP contribution >= 0.6 is 0 Å². The molecule has 1 rings (SSSR count). The van der Waals surface area contributed by atoms with E-state index in [9.17, 15) is 12.8 Å². The van der Waals surface area contributed by atoms with Gasteiger partial charge in [-0.15, -0.1) is 0 Å². The lowest BCUT2D eigenvalue weighted by molar-refractivity contribution is 0.338. The topological polar surface area (TPSA) is 83.8 Å². The molecule has 5 nitrogen and oxygen atoms in total. The van der Waals surface area contributed by atoms with Gasteiger partial charge in [-0.2, -0.15) is 0 Å². The van der Waals surface area contributed by atoms with Crippen molar-refractivity contribution in [1.29, 1.82) is 0 Å². The number of rotatable bonds is 5. The van der Waals surface area contributed by atoms with Gasteiger partial charge in [-0.05, 0) is 26.8 Å². The first-order chi connectivity index (χ1) is 9.04. The minimum atomic E-state index is -3.30. The van der Waals surface area contributed by atoms with Gasteiger partial charge < -0.3 is 14.8 Å². The van der Waals surface area contributed by atoms with Crippen LogP contribution in [-0.4, -0.2) is 42.7 Å². The van der Waals surface area contributed by atoms with Crippen LogP contribution < -0.4 is 10.2 Å². The molecular formula is C12H18BFO5S. The molecule has 0 radical (unpaired) electrons. The Hall–Kier alpha value is -1.12. The summed E-state index contributed by atoms with van der Waals surface area (Å²) in [6.45, 7) is 4.69. The number of sulfone groups is 1. The number of hydrogen-bond donors (Lipinski definition) is 2. The second-order valence-electron chi connectivity index (χ2n) is 5.34. The van der Waals surface area contributed by atoms with E-state index in [0.717, 1.165) is 6.07 Å². The lowest BCUT2D eigenvalue weighted by Gasteiger charge is -2.19. The van der Waals surface area contributed by atoms with Gasteiger partial charge in [-0.3, -0.25) is 0 Å². The van der Waals surface area contributed by atoms with Crippen molar-refractivity contribution in [3.63, 3.8) is 0 Å². The van der Waals surface area contributed by atoms with Crippen molar-refractivity contribution in [3.05, 3.63) is 24.0 Å². The number of hydrogen-bond acceptors (Lipinski definition) is 5. The van der Waals surface area contributed by atoms with Crippen LogP contribution in [0.4, 0.5) is 4.39 Å². The number of benzene rings is 1. The summed E-state index contributed by atoms with van der Waals surface area (Å²) in [4.78, 5) is 0. The zero-order chi connectivity index (χ0) is 15.6. The normalized spacial score (nSPS) is 12.3. The number of halogens is 1. The second kappa shape index (κ2) is 6.11. The van der Waals surface area contributed by atoms with E-state index in [1.807, 2.05) is 0 Å². The Kier molecular flexibility index (Phi) is 5.18. The fourth-order valence-corrected chi connectivity index (χ4v) is 2.30. The largest absolute Gasteiger partial charge is 0.492 e. The minimum absolute atomic E-state index is 0.0972. The van der Waals surface area contributed by atoms with E-state index >= 15 is 0 Å². The Labute approximate surface area is 118 Å². The summed E-state index contributed by atoms with van der Waals surface area (Å²) >= 11 is 0. The molecule has 1 aromatic carbocycles. The Morgan fingerprint density at radius 2 is 1.90 bits per heavy atom. The summed E-state index contributed by atoms with van der Waals surface area (Å²) in [5, 5.41) is 17.7. The van der Waals surface area contributed by atoms with Gasteiger partial charge in [0.05, 0.1) is 10.5 Å². The summed E-state index contributed by atoms with van der Waals surface area (Å²) in [6.07, 6.45) is 0. The van der Waals surface area contributed by atoms with E-state index in [2.05, 4.69) is 0 Å². The van der Waals surface area contributed by atoms with E-state index in [-0.39, 0.29) is 23.6 Å². The third-order valence-electron chi connectivity index (χ3n) is 2.80. The van der Waals surface area contributed by atoms with Crippen LogP contribution in [0.1, 0.15) is 20.8 Å². The van der Waals surface area contributed by atoms with E-state index in [1.54, 1.807) is 20.8 Å². The predicted molar refractivity (Wildman–Crippen MR) is 75.3 cm³/mol. The average Bonchev–Trinajstić information content (AvgIpc) is 2.26. The first-order valence-electron chi connectivity index (χ1n) is 6.05. The zero-order valence-corrected chi connectivity index (χ0v) is 12.4. The molecule has 0 heterocycles. The predicted octanol–water partition coefficient (Wildman–Crippen LogP) is 0.0976. The molecule has 0 saturated heterocycles. The maximum Gasteiger partial charge on any atom is 0.491 e. The molecule has 0 atom stereocenters. The molecule has 1 aromatic rings. The van der Waals surface area contributed by atoms with Crippen molar-refractivity contribution in [2.75, 3.05) is 12.4 Å². The summed E-state index contributed by atoms with van der Waals surface area (Å²) in [7, 11) is -5.20. The van der Waals surface area contributed by atoms with Crippen molar-refractivity contribution >= 4 is 22.4 Å². The molecule has 0 bridgehead atoms. The fraction of sp³-hybridized carbons (Fsp3) is 0.500. The highest BCUT2D eigenvalue weighted by Gasteiger charge is 2.28. The Balaban J connectivity index is 2.66. The molecule has 0 fully saturated rings. The van der Waals surface area contributed by atoms with E-state index in [0.29, 0.717) is 0 Å². The van der Waals surface area contributed by atoms with Crippen molar-refractivity contribution in [1.82, 2.24) is 0 Å². The van der Waals surface area contributed by atoms with Gasteiger partial charge in [0, 0.05) is 11.5 Å². The van der Waals surface area contributed by atoms with Crippen molar-refractivity contribution in [2.24, 2.45) is 0 Å². The molecule has 8 heteroatoms. The van der Waals surface area contributed by atoms with Crippen LogP contribution in [0.15, 0.2) is 18.2 Å². The minimum Gasteiger partial charge on any atom is -0.492 e. The van der Waals surface area contributed by atoms with Crippen molar-refractivity contribution < 1.29 is 27.6 Å². The van der Waals surface area contributed by atoms with Crippen LogP contribution in [0.3, 0.4) is 0 Å². The Morgan fingerprint density at radius 1 is 1.30 bits per heavy atom. The van der Waals surface area contributed by atoms with Crippen LogP contribution in [0.2, 0.25) is 0 Å². The van der Waals surface area contributed by atoms with Gasteiger partial charge in [0.25, 0.3) is 0 Å². The van der Waals surface area contributed by atoms with Crippen LogP contribution in [0.25, 0.3) is 0 Å². The summed E-state index contributed by atoms with van der Waals surface area (Å²) in [6, 6.07) is 3.51. The maximum absolute atomic E-state index is 13.4. The molecule has 0 aliphatic heterocycles. The number of ether oxygens (including phenoxy) is 1. The molecular weight excluding hydrogens is 286 g/mol. The third-order valence-corrected chi connectivity index (χ3v) is 5.37. The van der Waals surface area contributed by atoms with E-state index in [1.165, 1.54) is 12.1 Å². The maximum atomic E-state index is 13.4. The Morgan fingerprint density at radius 3 is 2.35 bits per heavy atom. The van der Waals surface area contributed by atoms with Gasteiger partial charge in [0.15, 0.2) is 9.84 Å². The molecule has 0 unspecified atom stereocenters. The Bertz CT molecular complexity index is 566. The van der Waals surface area contributed by atoms with Crippen molar-refractivity contribution in [3.8, 4) is 5.75 Å². The molecule has 0 aliphatic carbocycles. The highest BCUT2D eigenvalue weighted by Crippen LogP contribution is 2.17. The van der Waals surface area contributed by atoms with Gasteiger partial charge in [0.2, 0.25) is 0 Å². The van der Waals surface area contributed by atoms with Gasteiger partial charge in [0.1, 0.15) is 18.2 Å². The average molecular weight is 304 g/mol. The molecule has 0 aromatic heterocycles. The van der Waals surface area contributed by atoms with Crippen LogP contribution in [0.5, 0.6) is 5.75 Å². The lowest BCUT2D eigenvalue weighted by atomic mass is 9.80. The lowest BCUT2D eigenvalue weighted by Crippen LogP contribution is -2.33. The smallest absolute Gasteiger partial charge is 0.491 e. The second-order valence-corrected chi connectivity index (χ2v) is 8.20. The first-order valence-corrected chi connectivity index (χ1v) is 7.70. The van der Waals surface area contributed by atoms with Gasteiger partial charge in [-0.25, -0.2) is 12.8 Å². The van der Waals surface area contributed by atoms with Crippen LogP contribution in [-0.2, 0) is 9.84 Å². The molecule has 20 heavy (non-hydrogen) atoms. The van der Waals surface area contributed by atoms with E-state index in [4.69, 9.17) is 14.8 Å². The first kappa shape index (κ1) is 16.9. The summed E-state index contributed by atoms with van der Waals surface area (Å²) in [5.74, 6) is -0.866. The highest BCUT2D eigenvalue weighted by atomic mass is 32.2. The van der Waals surface area contributed by atoms with Crippen LogP contribution in [0, 0.1) is 5.82 Å². The monoisotopic (exact) mass is 304 g/mol. The summed E-state index contributed by atoms with van der Waals surface area (Å²) < 4.78 is 41.4. The molecule has 0 amide bonds. The van der Waals surface area contributed by atoms with E-state index < -0.39 is 27.5 Å². The molecule has 0 saturated carbocycles. The van der Waals surface area contributed by atoms with Gasteiger partial charge in [-0.1, -0.05) is 6.07 Å². The molecule has 112 valence electrons. The molecule has 2 N–H and O–H groups in total. The van der Waals surface area contributed by atoms with Gasteiger partial charge >= 0.3 is 7.12 Å². The molecule has 0 aliphatic rings.